The van der Waals surface area contributed by atoms with E-state index in [2.05, 4.69) is 38.8 Å². The number of hydrogen-bond acceptors (Lipinski definition) is 2. The third kappa shape index (κ3) is 2.83. The normalized spacial score (nSPS) is 11.1. The molecule has 3 aromatic rings. The number of carbonyl (C=O) groups excluding carboxylic acids is 1. The Balaban J connectivity index is 2.23. The second kappa shape index (κ2) is 6.49. The van der Waals surface area contributed by atoms with Crippen LogP contribution in [-0.2, 0) is 6.42 Å². The van der Waals surface area contributed by atoms with Gasteiger partial charge in [0.05, 0.1) is 15.7 Å². The number of carbonyl (C=O) groups is 1. The molecule has 0 aliphatic rings. The van der Waals surface area contributed by atoms with Gasteiger partial charge in [-0.3, -0.25) is 4.79 Å². The molecule has 0 saturated carbocycles. The zero-order chi connectivity index (χ0) is 16.6. The summed E-state index contributed by atoms with van der Waals surface area (Å²) in [6.45, 7) is 2.10. The number of fused-ring (bicyclic) bond motifs is 1. The van der Waals surface area contributed by atoms with Crippen molar-refractivity contribution in [3.63, 3.8) is 0 Å². The van der Waals surface area contributed by atoms with E-state index < -0.39 is 0 Å². The Bertz CT molecular complexity index is 899. The van der Waals surface area contributed by atoms with Crippen molar-refractivity contribution in [3.8, 4) is 5.75 Å². The number of phenols is 1. The van der Waals surface area contributed by atoms with Crippen molar-refractivity contribution in [1.82, 2.24) is 4.40 Å². The third-order valence-corrected chi connectivity index (χ3v) is 5.32. The SMILES string of the molecule is CCCc1c(Br)c2ccccn2c1C(=O)c1ccc(O)c(Br)c1. The number of benzene rings is 1. The molecule has 1 N–H and O–H groups in total. The number of aromatic hydroxyl groups is 1. The van der Waals surface area contributed by atoms with Crippen molar-refractivity contribution in [2.75, 3.05) is 0 Å². The van der Waals surface area contributed by atoms with E-state index in [1.165, 1.54) is 6.07 Å². The first kappa shape index (κ1) is 16.3. The van der Waals surface area contributed by atoms with Crippen molar-refractivity contribution in [2.45, 2.75) is 19.8 Å². The lowest BCUT2D eigenvalue weighted by Gasteiger charge is -2.07. The molecule has 0 amide bonds. The number of halogens is 2. The summed E-state index contributed by atoms with van der Waals surface area (Å²) in [5.41, 5.74) is 3.22. The Morgan fingerprint density at radius 1 is 1.22 bits per heavy atom. The molecule has 0 atom stereocenters. The van der Waals surface area contributed by atoms with Gasteiger partial charge in [0.15, 0.2) is 0 Å². The number of nitrogens with zero attached hydrogens (tertiary/aromatic N) is 1. The van der Waals surface area contributed by atoms with Gasteiger partial charge in [-0.05, 0) is 74.2 Å². The monoisotopic (exact) mass is 435 g/mol. The zero-order valence-electron chi connectivity index (χ0n) is 12.5. The predicted molar refractivity (Wildman–Crippen MR) is 98.3 cm³/mol. The van der Waals surface area contributed by atoms with Gasteiger partial charge < -0.3 is 9.51 Å². The first-order chi connectivity index (χ1) is 11.0. The van der Waals surface area contributed by atoms with Crippen molar-refractivity contribution in [2.24, 2.45) is 0 Å². The summed E-state index contributed by atoms with van der Waals surface area (Å²) < 4.78 is 3.42. The molecule has 0 unspecified atom stereocenters. The summed E-state index contributed by atoms with van der Waals surface area (Å²) in [6.07, 6.45) is 3.68. The Labute approximate surface area is 151 Å². The van der Waals surface area contributed by atoms with E-state index in [1.807, 2.05) is 28.8 Å². The summed E-state index contributed by atoms with van der Waals surface area (Å²) in [5, 5.41) is 9.64. The van der Waals surface area contributed by atoms with E-state index in [1.54, 1.807) is 12.1 Å². The molecule has 3 nitrogen and oxygen atoms in total. The number of rotatable bonds is 4. The molecule has 0 fully saturated rings. The fourth-order valence-electron chi connectivity index (χ4n) is 2.73. The van der Waals surface area contributed by atoms with Crippen LogP contribution in [0.4, 0.5) is 0 Å². The number of aromatic nitrogens is 1. The fraction of sp³-hybridized carbons (Fsp3) is 0.167. The molecular formula is C18H15Br2NO2. The highest BCUT2D eigenvalue weighted by molar-refractivity contribution is 9.11. The Kier molecular flexibility index (Phi) is 4.60. The van der Waals surface area contributed by atoms with Crippen LogP contribution in [0.2, 0.25) is 0 Å². The van der Waals surface area contributed by atoms with Crippen molar-refractivity contribution in [3.05, 3.63) is 68.4 Å². The summed E-state index contributed by atoms with van der Waals surface area (Å²) in [4.78, 5) is 13.1. The molecule has 0 saturated heterocycles. The Morgan fingerprint density at radius 3 is 2.70 bits per heavy atom. The lowest BCUT2D eigenvalue weighted by Crippen LogP contribution is -2.08. The molecule has 2 aromatic heterocycles. The maximum atomic E-state index is 13.1. The maximum absolute atomic E-state index is 13.1. The van der Waals surface area contributed by atoms with Gasteiger partial charge in [-0.1, -0.05) is 19.4 Å². The number of hydrogen-bond donors (Lipinski definition) is 1. The van der Waals surface area contributed by atoms with Crippen LogP contribution in [0.25, 0.3) is 5.52 Å². The molecule has 0 radical (unpaired) electrons. The number of pyridine rings is 1. The van der Waals surface area contributed by atoms with Crippen LogP contribution in [0, 0.1) is 0 Å². The van der Waals surface area contributed by atoms with Crippen LogP contribution in [0.3, 0.4) is 0 Å². The van der Waals surface area contributed by atoms with E-state index in [4.69, 9.17) is 0 Å². The van der Waals surface area contributed by atoms with E-state index >= 15 is 0 Å². The highest BCUT2D eigenvalue weighted by Crippen LogP contribution is 2.32. The largest absolute Gasteiger partial charge is 0.507 e. The van der Waals surface area contributed by atoms with E-state index in [9.17, 15) is 9.90 Å². The Hall–Kier alpha value is -1.59. The van der Waals surface area contributed by atoms with Gasteiger partial charge in [-0.2, -0.15) is 0 Å². The van der Waals surface area contributed by atoms with Crippen LogP contribution in [0.5, 0.6) is 5.75 Å². The first-order valence-corrected chi connectivity index (χ1v) is 8.93. The molecule has 5 heteroatoms. The summed E-state index contributed by atoms with van der Waals surface area (Å²) >= 11 is 6.92. The molecular weight excluding hydrogens is 422 g/mol. The smallest absolute Gasteiger partial charge is 0.210 e. The molecule has 0 bridgehead atoms. The maximum Gasteiger partial charge on any atom is 0.210 e. The molecule has 23 heavy (non-hydrogen) atoms. The molecule has 118 valence electrons. The second-order valence-electron chi connectivity index (χ2n) is 5.34. The number of ketones is 1. The quantitative estimate of drug-likeness (QED) is 0.559. The van der Waals surface area contributed by atoms with Gasteiger partial charge in [0, 0.05) is 16.2 Å². The highest BCUT2D eigenvalue weighted by atomic mass is 79.9. The minimum absolute atomic E-state index is 0.0546. The minimum atomic E-state index is -0.0546. The summed E-state index contributed by atoms with van der Waals surface area (Å²) in [6, 6.07) is 10.7. The van der Waals surface area contributed by atoms with Gasteiger partial charge in [0.1, 0.15) is 5.75 Å². The lowest BCUT2D eigenvalue weighted by molar-refractivity contribution is 0.103. The van der Waals surface area contributed by atoms with Gasteiger partial charge >= 0.3 is 0 Å². The second-order valence-corrected chi connectivity index (χ2v) is 6.99. The molecule has 0 aliphatic heterocycles. The third-order valence-electron chi connectivity index (χ3n) is 3.80. The average Bonchev–Trinajstić information content (AvgIpc) is 2.83. The van der Waals surface area contributed by atoms with Gasteiger partial charge in [-0.25, -0.2) is 0 Å². The van der Waals surface area contributed by atoms with Gasteiger partial charge in [0.2, 0.25) is 5.78 Å². The van der Waals surface area contributed by atoms with Crippen LogP contribution in [-0.4, -0.2) is 15.3 Å². The Morgan fingerprint density at radius 2 is 2.00 bits per heavy atom. The van der Waals surface area contributed by atoms with Crippen LogP contribution in [0.1, 0.15) is 35.0 Å². The molecule has 1 aromatic carbocycles. The fourth-order valence-corrected chi connectivity index (χ4v) is 3.82. The van der Waals surface area contributed by atoms with E-state index in [0.29, 0.717) is 15.7 Å². The molecule has 0 aliphatic carbocycles. The summed E-state index contributed by atoms with van der Waals surface area (Å²) in [7, 11) is 0. The van der Waals surface area contributed by atoms with Gasteiger partial charge in [-0.15, -0.1) is 0 Å². The van der Waals surface area contributed by atoms with Crippen molar-refractivity contribution in [1.29, 1.82) is 0 Å². The zero-order valence-corrected chi connectivity index (χ0v) is 15.7. The topological polar surface area (TPSA) is 41.7 Å². The number of phenolic OH excluding ortho intramolecular Hbond substituents is 1. The molecule has 2 heterocycles. The lowest BCUT2D eigenvalue weighted by atomic mass is 10.0. The van der Waals surface area contributed by atoms with Crippen molar-refractivity contribution < 1.29 is 9.90 Å². The highest BCUT2D eigenvalue weighted by Gasteiger charge is 2.22. The van der Waals surface area contributed by atoms with Crippen LogP contribution in [0.15, 0.2) is 51.5 Å². The standard InChI is InChI=1S/C18H15Br2NO2/c1-2-5-12-16(20)14-6-3-4-9-21(14)17(12)18(23)11-7-8-15(22)13(19)10-11/h3-4,6-10,22H,2,5H2,1H3. The van der Waals surface area contributed by atoms with Crippen LogP contribution >= 0.6 is 31.9 Å². The van der Waals surface area contributed by atoms with Gasteiger partial charge in [0.25, 0.3) is 0 Å². The predicted octanol–water partition coefficient (Wildman–Crippen LogP) is 5.35. The van der Waals surface area contributed by atoms with E-state index in [-0.39, 0.29) is 11.5 Å². The van der Waals surface area contributed by atoms with Crippen LogP contribution < -0.4 is 0 Å². The molecule has 3 rings (SSSR count). The molecule has 0 spiro atoms. The van der Waals surface area contributed by atoms with E-state index in [0.717, 1.165) is 28.4 Å². The first-order valence-electron chi connectivity index (χ1n) is 7.35. The van der Waals surface area contributed by atoms with Crippen molar-refractivity contribution >= 4 is 43.2 Å². The minimum Gasteiger partial charge on any atom is -0.507 e. The average molecular weight is 437 g/mol. The summed E-state index contributed by atoms with van der Waals surface area (Å²) in [5.74, 6) is 0.0672.